The maximum atomic E-state index is 5.99. The largest absolute Gasteiger partial charge is 0.497 e. The molecule has 2 rings (SSSR count). The van der Waals surface area contributed by atoms with Gasteiger partial charge in [0.05, 0.1) is 7.11 Å². The zero-order valence-corrected chi connectivity index (χ0v) is 12.4. The van der Waals surface area contributed by atoms with Gasteiger partial charge in [0.1, 0.15) is 18.1 Å². The Morgan fingerprint density at radius 1 is 1.15 bits per heavy atom. The summed E-state index contributed by atoms with van der Waals surface area (Å²) in [7, 11) is 1.65. The van der Waals surface area contributed by atoms with Crippen molar-refractivity contribution in [1.29, 1.82) is 0 Å². The zero-order valence-electron chi connectivity index (χ0n) is 11.6. The summed E-state index contributed by atoms with van der Waals surface area (Å²) >= 11 is 5.99. The van der Waals surface area contributed by atoms with Gasteiger partial charge in [0.15, 0.2) is 0 Å². The van der Waals surface area contributed by atoms with Crippen LogP contribution in [0.1, 0.15) is 24.1 Å². The van der Waals surface area contributed by atoms with Crippen molar-refractivity contribution < 1.29 is 9.47 Å². The molecule has 0 saturated heterocycles. The highest BCUT2D eigenvalue weighted by atomic mass is 35.5. The minimum atomic E-state index is -0.125. The van der Waals surface area contributed by atoms with E-state index in [0.717, 1.165) is 22.6 Å². The van der Waals surface area contributed by atoms with Crippen molar-refractivity contribution in [3.8, 4) is 11.5 Å². The highest BCUT2D eigenvalue weighted by molar-refractivity contribution is 6.30. The molecular formula is C16H18ClNO2. The quantitative estimate of drug-likeness (QED) is 0.907. The summed E-state index contributed by atoms with van der Waals surface area (Å²) in [5.74, 6) is 1.59. The highest BCUT2D eigenvalue weighted by Gasteiger charge is 2.09. The van der Waals surface area contributed by atoms with Crippen molar-refractivity contribution in [1.82, 2.24) is 0 Å². The SMILES string of the molecule is COc1ccc(COc2ccc(Cl)cc2[C@@H](C)N)cc1. The molecule has 0 aliphatic rings. The Morgan fingerprint density at radius 2 is 1.85 bits per heavy atom. The third kappa shape index (κ3) is 3.65. The molecule has 0 bridgehead atoms. The third-order valence-electron chi connectivity index (χ3n) is 3.02. The summed E-state index contributed by atoms with van der Waals surface area (Å²) < 4.78 is 11.0. The van der Waals surface area contributed by atoms with Crippen molar-refractivity contribution >= 4 is 11.6 Å². The van der Waals surface area contributed by atoms with Gasteiger partial charge < -0.3 is 15.2 Å². The Balaban J connectivity index is 2.10. The van der Waals surface area contributed by atoms with E-state index in [1.54, 1.807) is 13.2 Å². The van der Waals surface area contributed by atoms with Crippen LogP contribution in [0.5, 0.6) is 11.5 Å². The van der Waals surface area contributed by atoms with Gasteiger partial charge in [-0.2, -0.15) is 0 Å². The fourth-order valence-corrected chi connectivity index (χ4v) is 2.07. The lowest BCUT2D eigenvalue weighted by Crippen LogP contribution is -2.08. The number of halogens is 1. The average molecular weight is 292 g/mol. The van der Waals surface area contributed by atoms with Crippen LogP contribution >= 0.6 is 11.6 Å². The van der Waals surface area contributed by atoms with E-state index in [-0.39, 0.29) is 6.04 Å². The lowest BCUT2D eigenvalue weighted by molar-refractivity contribution is 0.301. The summed E-state index contributed by atoms with van der Waals surface area (Å²) in [6, 6.07) is 13.1. The van der Waals surface area contributed by atoms with Crippen molar-refractivity contribution in [3.63, 3.8) is 0 Å². The second-order valence-electron chi connectivity index (χ2n) is 4.61. The molecule has 3 nitrogen and oxygen atoms in total. The molecular weight excluding hydrogens is 274 g/mol. The van der Waals surface area contributed by atoms with E-state index in [1.807, 2.05) is 43.3 Å². The van der Waals surface area contributed by atoms with Crippen LogP contribution in [0.4, 0.5) is 0 Å². The van der Waals surface area contributed by atoms with Gasteiger partial charge in [-0.1, -0.05) is 23.7 Å². The summed E-state index contributed by atoms with van der Waals surface area (Å²) in [6.45, 7) is 2.39. The van der Waals surface area contributed by atoms with E-state index in [1.165, 1.54) is 0 Å². The Kier molecular flexibility index (Phi) is 4.88. The van der Waals surface area contributed by atoms with Crippen LogP contribution in [0.3, 0.4) is 0 Å². The maximum absolute atomic E-state index is 5.99. The maximum Gasteiger partial charge on any atom is 0.124 e. The van der Waals surface area contributed by atoms with E-state index in [0.29, 0.717) is 11.6 Å². The fourth-order valence-electron chi connectivity index (χ4n) is 1.89. The second-order valence-corrected chi connectivity index (χ2v) is 5.04. The number of nitrogens with two attached hydrogens (primary N) is 1. The molecule has 1 atom stereocenters. The van der Waals surface area contributed by atoms with Crippen molar-refractivity contribution in [2.45, 2.75) is 19.6 Å². The van der Waals surface area contributed by atoms with Gasteiger partial charge in [-0.05, 0) is 42.8 Å². The standard InChI is InChI=1S/C16H18ClNO2/c1-11(18)15-9-13(17)5-8-16(15)20-10-12-3-6-14(19-2)7-4-12/h3-9,11H,10,18H2,1-2H3/t11-/m1/s1. The van der Waals surface area contributed by atoms with Crippen molar-refractivity contribution in [2.75, 3.05) is 7.11 Å². The van der Waals surface area contributed by atoms with E-state index >= 15 is 0 Å². The minimum absolute atomic E-state index is 0.125. The number of hydrogen-bond acceptors (Lipinski definition) is 3. The molecule has 2 aromatic carbocycles. The molecule has 0 aliphatic heterocycles. The highest BCUT2D eigenvalue weighted by Crippen LogP contribution is 2.28. The first-order valence-electron chi connectivity index (χ1n) is 6.41. The van der Waals surface area contributed by atoms with E-state index in [2.05, 4.69) is 0 Å². The van der Waals surface area contributed by atoms with Gasteiger partial charge in [-0.3, -0.25) is 0 Å². The number of hydrogen-bond donors (Lipinski definition) is 1. The summed E-state index contributed by atoms with van der Waals surface area (Å²) in [5.41, 5.74) is 7.91. The second kappa shape index (κ2) is 6.64. The fraction of sp³-hybridized carbons (Fsp3) is 0.250. The number of rotatable bonds is 5. The molecule has 106 valence electrons. The molecule has 0 fully saturated rings. The van der Waals surface area contributed by atoms with Crippen LogP contribution in [-0.4, -0.2) is 7.11 Å². The van der Waals surface area contributed by atoms with Gasteiger partial charge in [0.25, 0.3) is 0 Å². The predicted octanol–water partition coefficient (Wildman–Crippen LogP) is 3.95. The van der Waals surface area contributed by atoms with Crippen molar-refractivity contribution in [3.05, 3.63) is 58.6 Å². The molecule has 2 aromatic rings. The molecule has 0 radical (unpaired) electrons. The normalized spacial score (nSPS) is 12.0. The van der Waals surface area contributed by atoms with Gasteiger partial charge in [0, 0.05) is 16.6 Å². The number of methoxy groups -OCH3 is 1. The first kappa shape index (κ1) is 14.7. The lowest BCUT2D eigenvalue weighted by Gasteiger charge is -2.14. The van der Waals surface area contributed by atoms with E-state index < -0.39 is 0 Å². The van der Waals surface area contributed by atoms with Crippen LogP contribution in [0.2, 0.25) is 5.02 Å². The molecule has 0 aromatic heterocycles. The van der Waals surface area contributed by atoms with Crippen LogP contribution < -0.4 is 15.2 Å². The van der Waals surface area contributed by atoms with Crippen LogP contribution in [-0.2, 0) is 6.61 Å². The lowest BCUT2D eigenvalue weighted by atomic mass is 10.1. The smallest absolute Gasteiger partial charge is 0.124 e. The number of benzene rings is 2. The van der Waals surface area contributed by atoms with Gasteiger partial charge in [-0.15, -0.1) is 0 Å². The monoisotopic (exact) mass is 291 g/mol. The van der Waals surface area contributed by atoms with Gasteiger partial charge >= 0.3 is 0 Å². The summed E-state index contributed by atoms with van der Waals surface area (Å²) in [6.07, 6.45) is 0. The van der Waals surface area contributed by atoms with Gasteiger partial charge in [-0.25, -0.2) is 0 Å². The third-order valence-corrected chi connectivity index (χ3v) is 3.25. The molecule has 0 amide bonds. The molecule has 4 heteroatoms. The van der Waals surface area contributed by atoms with Crippen LogP contribution in [0.25, 0.3) is 0 Å². The van der Waals surface area contributed by atoms with E-state index in [4.69, 9.17) is 26.8 Å². The first-order chi connectivity index (χ1) is 9.60. The molecule has 2 N–H and O–H groups in total. The molecule has 0 unspecified atom stereocenters. The molecule has 0 aliphatic carbocycles. The van der Waals surface area contributed by atoms with Crippen LogP contribution in [0.15, 0.2) is 42.5 Å². The molecule has 0 heterocycles. The van der Waals surface area contributed by atoms with E-state index in [9.17, 15) is 0 Å². The zero-order chi connectivity index (χ0) is 14.5. The first-order valence-corrected chi connectivity index (χ1v) is 6.78. The topological polar surface area (TPSA) is 44.5 Å². The molecule has 0 spiro atoms. The Hall–Kier alpha value is -1.71. The minimum Gasteiger partial charge on any atom is -0.497 e. The van der Waals surface area contributed by atoms with Crippen molar-refractivity contribution in [2.24, 2.45) is 5.73 Å². The molecule has 0 saturated carbocycles. The Labute approximate surface area is 124 Å². The summed E-state index contributed by atoms with van der Waals surface area (Å²) in [5, 5.41) is 0.661. The Morgan fingerprint density at radius 3 is 2.45 bits per heavy atom. The van der Waals surface area contributed by atoms with Crippen LogP contribution in [0, 0.1) is 0 Å². The summed E-state index contributed by atoms with van der Waals surface area (Å²) in [4.78, 5) is 0. The Bertz CT molecular complexity index is 567. The predicted molar refractivity (Wildman–Crippen MR) is 81.4 cm³/mol. The molecule has 20 heavy (non-hydrogen) atoms. The van der Waals surface area contributed by atoms with Gasteiger partial charge in [0.2, 0.25) is 0 Å². The average Bonchev–Trinajstić information content (AvgIpc) is 2.46. The number of ether oxygens (including phenoxy) is 2.